The van der Waals surface area contributed by atoms with E-state index in [1.165, 1.54) is 18.3 Å². The Bertz CT molecular complexity index is 902. The van der Waals surface area contributed by atoms with Gasteiger partial charge in [-0.15, -0.1) is 0 Å². The second-order valence-electron chi connectivity index (χ2n) is 6.80. The van der Waals surface area contributed by atoms with Gasteiger partial charge in [0.1, 0.15) is 6.04 Å². The monoisotopic (exact) mass is 387 g/mol. The number of rotatable bonds is 7. The molecule has 0 saturated carbocycles. The Morgan fingerprint density at radius 3 is 2.00 bits per heavy atom. The number of carbonyl (C=O) groups excluding carboxylic acids is 1. The zero-order chi connectivity index (χ0) is 20.0. The van der Waals surface area contributed by atoms with Crippen LogP contribution in [0.2, 0.25) is 0 Å². The van der Waals surface area contributed by atoms with E-state index < -0.39 is 22.0 Å². The number of nitrogens with one attached hydrogen (secondary N) is 2. The van der Waals surface area contributed by atoms with Crippen molar-refractivity contribution >= 4 is 22.1 Å². The van der Waals surface area contributed by atoms with Crippen molar-refractivity contribution in [2.24, 2.45) is 11.0 Å². The molecule has 2 aromatic carbocycles. The van der Waals surface area contributed by atoms with E-state index in [2.05, 4.69) is 15.2 Å². The fraction of sp³-hybridized carbons (Fsp3) is 0.300. The molecule has 0 unspecified atom stereocenters. The van der Waals surface area contributed by atoms with Gasteiger partial charge >= 0.3 is 0 Å². The van der Waals surface area contributed by atoms with Crippen LogP contribution >= 0.6 is 0 Å². The van der Waals surface area contributed by atoms with E-state index in [0.717, 1.165) is 16.7 Å². The molecule has 2 rings (SSSR count). The molecule has 2 N–H and O–H groups in total. The smallest absolute Gasteiger partial charge is 0.258 e. The number of hydrazone groups is 1. The van der Waals surface area contributed by atoms with Gasteiger partial charge in [-0.2, -0.15) is 9.82 Å². The lowest BCUT2D eigenvalue weighted by Crippen LogP contribution is -2.48. The van der Waals surface area contributed by atoms with Crippen LogP contribution in [0.4, 0.5) is 0 Å². The molecule has 2 aromatic rings. The normalized spacial score (nSPS) is 13.1. The zero-order valence-corrected chi connectivity index (χ0v) is 16.7. The lowest BCUT2D eigenvalue weighted by atomic mass is 10.1. The molecule has 0 radical (unpaired) electrons. The van der Waals surface area contributed by atoms with Gasteiger partial charge in [0.25, 0.3) is 5.91 Å². The molecule has 0 fully saturated rings. The van der Waals surface area contributed by atoms with Crippen molar-refractivity contribution in [1.29, 1.82) is 0 Å². The Morgan fingerprint density at radius 2 is 1.48 bits per heavy atom. The van der Waals surface area contributed by atoms with Gasteiger partial charge < -0.3 is 0 Å². The number of sulfonamides is 1. The van der Waals surface area contributed by atoms with Crippen molar-refractivity contribution in [3.63, 3.8) is 0 Å². The zero-order valence-electron chi connectivity index (χ0n) is 15.9. The summed E-state index contributed by atoms with van der Waals surface area (Å²) < 4.78 is 27.6. The first kappa shape index (κ1) is 20.8. The molecule has 0 bridgehead atoms. The van der Waals surface area contributed by atoms with Gasteiger partial charge in [-0.25, -0.2) is 13.8 Å². The van der Waals surface area contributed by atoms with E-state index in [1.807, 2.05) is 38.1 Å². The number of benzene rings is 2. The van der Waals surface area contributed by atoms with E-state index in [9.17, 15) is 13.2 Å². The SMILES string of the molecule is Cc1ccc(/C=N\NC(=O)[C@H](NS(=O)(=O)c2ccc(C)cc2)C(C)C)cc1. The first-order valence-corrected chi connectivity index (χ1v) is 10.2. The van der Waals surface area contributed by atoms with Crippen LogP contribution in [0.3, 0.4) is 0 Å². The van der Waals surface area contributed by atoms with Gasteiger partial charge in [-0.1, -0.05) is 61.4 Å². The first-order chi connectivity index (χ1) is 12.7. The molecule has 0 aliphatic rings. The standard InChI is InChI=1S/C20H25N3O3S/c1-14(2)19(23-27(25,26)18-11-7-16(4)8-12-18)20(24)22-21-13-17-9-5-15(3)6-10-17/h5-14,19,23H,1-4H3,(H,22,24)/b21-13-/t19-/m1/s1. The van der Waals surface area contributed by atoms with Gasteiger partial charge in [-0.3, -0.25) is 4.79 Å². The summed E-state index contributed by atoms with van der Waals surface area (Å²) in [5, 5.41) is 3.93. The number of aryl methyl sites for hydroxylation is 2. The van der Waals surface area contributed by atoms with Crippen LogP contribution in [0.5, 0.6) is 0 Å². The summed E-state index contributed by atoms with van der Waals surface area (Å²) in [6.45, 7) is 7.40. The van der Waals surface area contributed by atoms with Gasteiger partial charge in [0.15, 0.2) is 0 Å². The fourth-order valence-electron chi connectivity index (χ4n) is 2.34. The van der Waals surface area contributed by atoms with Crippen LogP contribution in [0.1, 0.15) is 30.5 Å². The molecule has 0 saturated heterocycles. The summed E-state index contributed by atoms with van der Waals surface area (Å²) in [5.74, 6) is -0.760. The van der Waals surface area contributed by atoms with Crippen molar-refractivity contribution < 1.29 is 13.2 Å². The highest BCUT2D eigenvalue weighted by molar-refractivity contribution is 7.89. The van der Waals surface area contributed by atoms with Crippen molar-refractivity contribution in [2.75, 3.05) is 0 Å². The number of hydrogen-bond acceptors (Lipinski definition) is 4. The summed E-state index contributed by atoms with van der Waals surface area (Å²) in [5.41, 5.74) is 5.33. The Kier molecular flexibility index (Phi) is 6.87. The second kappa shape index (κ2) is 8.92. The summed E-state index contributed by atoms with van der Waals surface area (Å²) in [6.07, 6.45) is 1.52. The predicted molar refractivity (Wildman–Crippen MR) is 107 cm³/mol. The summed E-state index contributed by atoms with van der Waals surface area (Å²) in [7, 11) is -3.81. The van der Waals surface area contributed by atoms with E-state index in [-0.39, 0.29) is 10.8 Å². The van der Waals surface area contributed by atoms with Crippen molar-refractivity contribution in [3.05, 3.63) is 65.2 Å². The molecular formula is C20H25N3O3S. The topological polar surface area (TPSA) is 87.6 Å². The molecule has 1 atom stereocenters. The Labute approximate surface area is 160 Å². The third-order valence-electron chi connectivity index (χ3n) is 4.03. The number of nitrogens with zero attached hydrogens (tertiary/aromatic N) is 1. The number of amides is 1. The number of hydrogen-bond donors (Lipinski definition) is 2. The molecule has 6 nitrogen and oxygen atoms in total. The highest BCUT2D eigenvalue weighted by atomic mass is 32.2. The van der Waals surface area contributed by atoms with Gasteiger partial charge in [0.05, 0.1) is 11.1 Å². The van der Waals surface area contributed by atoms with Crippen molar-refractivity contribution in [1.82, 2.24) is 10.1 Å². The average molecular weight is 388 g/mol. The highest BCUT2D eigenvalue weighted by Crippen LogP contribution is 2.13. The second-order valence-corrected chi connectivity index (χ2v) is 8.51. The molecular weight excluding hydrogens is 362 g/mol. The van der Waals surface area contributed by atoms with E-state index in [4.69, 9.17) is 0 Å². The third-order valence-corrected chi connectivity index (χ3v) is 5.49. The highest BCUT2D eigenvalue weighted by Gasteiger charge is 2.28. The molecule has 0 aliphatic heterocycles. The number of carbonyl (C=O) groups is 1. The van der Waals surface area contributed by atoms with Crippen LogP contribution in [-0.2, 0) is 14.8 Å². The maximum Gasteiger partial charge on any atom is 0.258 e. The maximum atomic E-state index is 12.6. The molecule has 0 aromatic heterocycles. The van der Waals surface area contributed by atoms with Crippen LogP contribution in [0, 0.1) is 19.8 Å². The minimum absolute atomic E-state index is 0.120. The maximum absolute atomic E-state index is 12.6. The molecule has 0 spiro atoms. The Hall–Kier alpha value is -2.51. The lowest BCUT2D eigenvalue weighted by Gasteiger charge is -2.20. The van der Waals surface area contributed by atoms with E-state index >= 15 is 0 Å². The van der Waals surface area contributed by atoms with Crippen LogP contribution in [-0.4, -0.2) is 26.6 Å². The molecule has 27 heavy (non-hydrogen) atoms. The molecule has 0 heterocycles. The molecule has 1 amide bonds. The summed E-state index contributed by atoms with van der Waals surface area (Å²) in [6, 6.07) is 13.2. The average Bonchev–Trinajstić information content (AvgIpc) is 2.61. The van der Waals surface area contributed by atoms with Crippen molar-refractivity contribution in [2.45, 2.75) is 38.6 Å². The Morgan fingerprint density at radius 1 is 0.963 bits per heavy atom. The van der Waals surface area contributed by atoms with E-state index in [0.29, 0.717) is 0 Å². The van der Waals surface area contributed by atoms with Gasteiger partial charge in [0.2, 0.25) is 10.0 Å². The van der Waals surface area contributed by atoms with E-state index in [1.54, 1.807) is 26.0 Å². The quantitative estimate of drug-likeness (QED) is 0.566. The van der Waals surface area contributed by atoms with Crippen LogP contribution in [0.25, 0.3) is 0 Å². The van der Waals surface area contributed by atoms with Crippen molar-refractivity contribution in [3.8, 4) is 0 Å². The lowest BCUT2D eigenvalue weighted by molar-refractivity contribution is -0.123. The largest absolute Gasteiger partial charge is 0.271 e. The van der Waals surface area contributed by atoms with Gasteiger partial charge in [0, 0.05) is 0 Å². The molecule has 144 valence electrons. The van der Waals surface area contributed by atoms with Crippen LogP contribution in [0.15, 0.2) is 58.5 Å². The van der Waals surface area contributed by atoms with Crippen LogP contribution < -0.4 is 10.1 Å². The first-order valence-electron chi connectivity index (χ1n) is 8.67. The Balaban J connectivity index is 2.08. The fourth-order valence-corrected chi connectivity index (χ4v) is 3.68. The summed E-state index contributed by atoms with van der Waals surface area (Å²) >= 11 is 0. The molecule has 0 aliphatic carbocycles. The minimum Gasteiger partial charge on any atom is -0.271 e. The third kappa shape index (κ3) is 6.01. The van der Waals surface area contributed by atoms with Gasteiger partial charge in [-0.05, 0) is 37.5 Å². The predicted octanol–water partition coefficient (Wildman–Crippen LogP) is 2.76. The minimum atomic E-state index is -3.81. The summed E-state index contributed by atoms with van der Waals surface area (Å²) in [4.78, 5) is 12.6. The molecule has 7 heteroatoms.